The molecule has 2 heterocycles. The number of carbonyl (C=O) groups excluding carboxylic acids is 1. The quantitative estimate of drug-likeness (QED) is 0.911. The van der Waals surface area contributed by atoms with Crippen molar-refractivity contribution in [3.63, 3.8) is 0 Å². The van der Waals surface area contributed by atoms with E-state index in [-0.39, 0.29) is 5.91 Å². The number of nitrogens with zero attached hydrogens (tertiary/aromatic N) is 2. The highest BCUT2D eigenvalue weighted by Gasteiger charge is 2.22. The highest BCUT2D eigenvalue weighted by atomic mass is 16.2. The zero-order chi connectivity index (χ0) is 13.9. The van der Waals surface area contributed by atoms with E-state index in [1.54, 1.807) is 0 Å². The van der Waals surface area contributed by atoms with E-state index in [2.05, 4.69) is 17.1 Å². The van der Waals surface area contributed by atoms with Gasteiger partial charge >= 0.3 is 0 Å². The normalized spacial score (nSPS) is 16.4. The minimum absolute atomic E-state index is 0.0616. The highest BCUT2D eigenvalue weighted by molar-refractivity contribution is 5.93. The molecule has 0 unspecified atom stereocenters. The molecule has 20 heavy (non-hydrogen) atoms. The smallest absolute Gasteiger partial charge is 0.271 e. The second kappa shape index (κ2) is 5.49. The molecule has 2 aromatic rings. The predicted octanol–water partition coefficient (Wildman–Crippen LogP) is 2.95. The average molecular weight is 269 g/mol. The largest absolute Gasteiger partial charge is 0.337 e. The van der Waals surface area contributed by atoms with Gasteiger partial charge in [-0.3, -0.25) is 9.89 Å². The molecule has 1 aromatic heterocycles. The monoisotopic (exact) mass is 269 g/mol. The number of carbonyl (C=O) groups is 1. The number of rotatable bonds is 2. The van der Waals surface area contributed by atoms with Gasteiger partial charge in [-0.05, 0) is 24.8 Å². The fourth-order valence-electron chi connectivity index (χ4n) is 2.57. The molecular weight excluding hydrogens is 250 g/mol. The number of aromatic nitrogens is 2. The summed E-state index contributed by atoms with van der Waals surface area (Å²) < 4.78 is 0. The Morgan fingerprint density at radius 1 is 1.25 bits per heavy atom. The van der Waals surface area contributed by atoms with E-state index in [1.165, 1.54) is 0 Å². The maximum Gasteiger partial charge on any atom is 0.271 e. The minimum Gasteiger partial charge on any atom is -0.337 e. The first-order valence-electron chi connectivity index (χ1n) is 7.14. The van der Waals surface area contributed by atoms with Gasteiger partial charge in [0.2, 0.25) is 0 Å². The lowest BCUT2D eigenvalue weighted by Gasteiger charge is -2.29. The van der Waals surface area contributed by atoms with Gasteiger partial charge in [0.1, 0.15) is 5.69 Å². The number of aromatic amines is 1. The Morgan fingerprint density at radius 3 is 2.65 bits per heavy atom. The van der Waals surface area contributed by atoms with Gasteiger partial charge in [-0.1, -0.05) is 37.3 Å². The van der Waals surface area contributed by atoms with Gasteiger partial charge in [0, 0.05) is 18.7 Å². The van der Waals surface area contributed by atoms with Crippen LogP contribution >= 0.6 is 0 Å². The Morgan fingerprint density at radius 2 is 1.95 bits per heavy atom. The van der Waals surface area contributed by atoms with E-state index in [0.29, 0.717) is 5.69 Å². The predicted molar refractivity (Wildman–Crippen MR) is 78.3 cm³/mol. The third kappa shape index (κ3) is 2.59. The molecule has 0 radical (unpaired) electrons. The Balaban J connectivity index is 1.75. The van der Waals surface area contributed by atoms with Crippen LogP contribution in [0.1, 0.15) is 30.3 Å². The molecule has 0 atom stereocenters. The summed E-state index contributed by atoms with van der Waals surface area (Å²) in [4.78, 5) is 14.3. The number of H-pyrrole nitrogens is 1. The molecule has 4 heteroatoms. The zero-order valence-electron chi connectivity index (χ0n) is 11.7. The van der Waals surface area contributed by atoms with Crippen molar-refractivity contribution >= 4 is 5.91 Å². The SMILES string of the molecule is CC1CCN(C(=O)c2cc(-c3ccccc3)n[nH]2)CC1. The maximum atomic E-state index is 12.4. The summed E-state index contributed by atoms with van der Waals surface area (Å²) in [5.74, 6) is 0.785. The number of benzene rings is 1. The Labute approximate surface area is 118 Å². The first-order chi connectivity index (χ1) is 9.74. The van der Waals surface area contributed by atoms with Crippen LogP contribution in [0, 0.1) is 5.92 Å². The molecule has 104 valence electrons. The number of hydrogen-bond donors (Lipinski definition) is 1. The van der Waals surface area contributed by atoms with E-state index in [0.717, 1.165) is 43.1 Å². The van der Waals surface area contributed by atoms with Crippen LogP contribution < -0.4 is 0 Å². The molecule has 1 saturated heterocycles. The molecule has 0 bridgehead atoms. The topological polar surface area (TPSA) is 49.0 Å². The molecule has 1 aromatic carbocycles. The first-order valence-corrected chi connectivity index (χ1v) is 7.14. The van der Waals surface area contributed by atoms with Crippen LogP contribution in [0.15, 0.2) is 36.4 Å². The Kier molecular flexibility index (Phi) is 3.54. The number of hydrogen-bond acceptors (Lipinski definition) is 2. The van der Waals surface area contributed by atoms with Gasteiger partial charge in [0.25, 0.3) is 5.91 Å². The minimum atomic E-state index is 0.0616. The fraction of sp³-hybridized carbons (Fsp3) is 0.375. The van der Waals surface area contributed by atoms with Crippen LogP contribution in [0.4, 0.5) is 0 Å². The van der Waals surface area contributed by atoms with E-state index in [1.807, 2.05) is 41.3 Å². The summed E-state index contributed by atoms with van der Waals surface area (Å²) in [5, 5.41) is 7.12. The highest BCUT2D eigenvalue weighted by Crippen LogP contribution is 2.20. The third-order valence-corrected chi connectivity index (χ3v) is 3.95. The van der Waals surface area contributed by atoms with Gasteiger partial charge in [-0.2, -0.15) is 5.10 Å². The van der Waals surface area contributed by atoms with Crippen molar-refractivity contribution in [3.8, 4) is 11.3 Å². The van der Waals surface area contributed by atoms with Crippen molar-refractivity contribution in [3.05, 3.63) is 42.1 Å². The number of nitrogens with one attached hydrogen (secondary N) is 1. The number of amides is 1. The summed E-state index contributed by atoms with van der Waals surface area (Å²) in [6.07, 6.45) is 2.18. The van der Waals surface area contributed by atoms with Gasteiger partial charge in [0.05, 0.1) is 5.69 Å². The molecule has 0 spiro atoms. The molecule has 1 aliphatic heterocycles. The molecule has 4 nitrogen and oxygen atoms in total. The van der Waals surface area contributed by atoms with Crippen molar-refractivity contribution in [2.24, 2.45) is 5.92 Å². The maximum absolute atomic E-state index is 12.4. The van der Waals surface area contributed by atoms with Crippen LogP contribution in [0.5, 0.6) is 0 Å². The van der Waals surface area contributed by atoms with Crippen molar-refractivity contribution in [1.29, 1.82) is 0 Å². The molecular formula is C16H19N3O. The van der Waals surface area contributed by atoms with Crippen molar-refractivity contribution in [2.45, 2.75) is 19.8 Å². The van der Waals surface area contributed by atoms with Gasteiger partial charge in [-0.15, -0.1) is 0 Å². The van der Waals surface area contributed by atoms with Crippen molar-refractivity contribution in [1.82, 2.24) is 15.1 Å². The van der Waals surface area contributed by atoms with Crippen LogP contribution in [0.3, 0.4) is 0 Å². The Hall–Kier alpha value is -2.10. The molecule has 3 rings (SSSR count). The number of likely N-dealkylation sites (tertiary alicyclic amines) is 1. The fourth-order valence-corrected chi connectivity index (χ4v) is 2.57. The van der Waals surface area contributed by atoms with Gasteiger partial charge in [0.15, 0.2) is 0 Å². The third-order valence-electron chi connectivity index (χ3n) is 3.95. The van der Waals surface area contributed by atoms with Crippen LogP contribution in [0.2, 0.25) is 0 Å². The second-order valence-electron chi connectivity index (χ2n) is 5.51. The lowest BCUT2D eigenvalue weighted by Crippen LogP contribution is -2.38. The van der Waals surface area contributed by atoms with E-state index in [4.69, 9.17) is 0 Å². The van der Waals surface area contributed by atoms with Gasteiger partial charge < -0.3 is 4.90 Å². The lowest BCUT2D eigenvalue weighted by atomic mass is 9.99. The van der Waals surface area contributed by atoms with Crippen LogP contribution in [-0.2, 0) is 0 Å². The summed E-state index contributed by atoms with van der Waals surface area (Å²) in [5.41, 5.74) is 2.42. The molecule has 1 fully saturated rings. The summed E-state index contributed by atoms with van der Waals surface area (Å²) in [7, 11) is 0. The first kappa shape index (κ1) is 12.9. The van der Waals surface area contributed by atoms with E-state index < -0.39 is 0 Å². The summed E-state index contributed by atoms with van der Waals surface area (Å²) >= 11 is 0. The molecule has 1 aliphatic rings. The zero-order valence-corrected chi connectivity index (χ0v) is 11.7. The standard InChI is InChI=1S/C16H19N3O/c1-12-7-9-19(10-8-12)16(20)15-11-14(17-18-15)13-5-3-2-4-6-13/h2-6,11-12H,7-10H2,1H3,(H,17,18). The molecule has 1 amide bonds. The number of piperidine rings is 1. The van der Waals surface area contributed by atoms with Crippen molar-refractivity contribution in [2.75, 3.05) is 13.1 Å². The lowest BCUT2D eigenvalue weighted by molar-refractivity contribution is 0.0691. The Bertz CT molecular complexity index is 583. The summed E-state index contributed by atoms with van der Waals surface area (Å²) in [6.45, 7) is 3.94. The van der Waals surface area contributed by atoms with Gasteiger partial charge in [-0.25, -0.2) is 0 Å². The van der Waals surface area contributed by atoms with Crippen LogP contribution in [0.25, 0.3) is 11.3 Å². The average Bonchev–Trinajstić information content (AvgIpc) is 2.98. The summed E-state index contributed by atoms with van der Waals surface area (Å²) in [6, 6.07) is 11.7. The van der Waals surface area contributed by atoms with Crippen molar-refractivity contribution < 1.29 is 4.79 Å². The van der Waals surface area contributed by atoms with E-state index in [9.17, 15) is 4.79 Å². The second-order valence-corrected chi connectivity index (χ2v) is 5.51. The van der Waals surface area contributed by atoms with E-state index >= 15 is 0 Å². The molecule has 1 N–H and O–H groups in total. The molecule has 0 saturated carbocycles. The van der Waals surface area contributed by atoms with Crippen LogP contribution in [-0.4, -0.2) is 34.1 Å². The molecule has 0 aliphatic carbocycles.